The van der Waals surface area contributed by atoms with Gasteiger partial charge in [-0.1, -0.05) is 98.8 Å². The SMILES string of the molecule is CC1(C)c2ccccc2-c2c1cc(-c1ccccc1)c1c2Oc2ccccc2N1c1ccccc1. The molecule has 0 radical (unpaired) electrons. The maximum atomic E-state index is 6.84. The first-order valence-corrected chi connectivity index (χ1v) is 12.1. The third kappa shape index (κ3) is 2.83. The lowest BCUT2D eigenvalue weighted by molar-refractivity contribution is 0.478. The van der Waals surface area contributed by atoms with Crippen molar-refractivity contribution in [2.24, 2.45) is 0 Å². The van der Waals surface area contributed by atoms with Gasteiger partial charge in [0, 0.05) is 22.2 Å². The molecule has 0 N–H and O–H groups in total. The van der Waals surface area contributed by atoms with Crippen LogP contribution in [0.1, 0.15) is 25.0 Å². The highest BCUT2D eigenvalue weighted by atomic mass is 16.5. The summed E-state index contributed by atoms with van der Waals surface area (Å²) < 4.78 is 6.84. The van der Waals surface area contributed by atoms with Gasteiger partial charge in [-0.15, -0.1) is 0 Å². The minimum atomic E-state index is -0.123. The van der Waals surface area contributed by atoms with Crippen LogP contribution in [-0.2, 0) is 5.41 Å². The molecule has 0 unspecified atom stereocenters. The first-order chi connectivity index (χ1) is 17.1. The molecule has 35 heavy (non-hydrogen) atoms. The fourth-order valence-corrected chi connectivity index (χ4v) is 5.76. The van der Waals surface area contributed by atoms with E-state index in [4.69, 9.17) is 4.74 Å². The summed E-state index contributed by atoms with van der Waals surface area (Å²) in [5.74, 6) is 1.81. The number of benzene rings is 5. The molecule has 7 rings (SSSR count). The molecule has 5 aromatic rings. The topological polar surface area (TPSA) is 12.5 Å². The molecular weight excluding hydrogens is 426 g/mol. The molecule has 0 aromatic heterocycles. The summed E-state index contributed by atoms with van der Waals surface area (Å²) in [5, 5.41) is 0. The Balaban J connectivity index is 1.64. The van der Waals surface area contributed by atoms with Gasteiger partial charge in [-0.05, 0) is 52.6 Å². The van der Waals surface area contributed by atoms with Gasteiger partial charge in [0.05, 0.1) is 11.4 Å². The molecular formula is C33H25NO. The Hall–Kier alpha value is -4.30. The lowest BCUT2D eigenvalue weighted by atomic mass is 9.81. The van der Waals surface area contributed by atoms with Crippen molar-refractivity contribution in [3.05, 3.63) is 126 Å². The Bertz CT molecular complexity index is 1590. The average Bonchev–Trinajstić information content (AvgIpc) is 3.14. The third-order valence-electron chi connectivity index (χ3n) is 7.44. The van der Waals surface area contributed by atoms with E-state index in [-0.39, 0.29) is 5.41 Å². The van der Waals surface area contributed by atoms with Gasteiger partial charge in [0.2, 0.25) is 0 Å². The van der Waals surface area contributed by atoms with Crippen LogP contribution in [0.5, 0.6) is 11.5 Å². The smallest absolute Gasteiger partial charge is 0.160 e. The number of anilines is 3. The standard InChI is InChI=1S/C33H25NO/c1-33(2)26-18-10-9-17-24(26)30-27(33)21-25(22-13-5-3-6-14-22)31-32(30)35-29-20-12-11-19-28(29)34(31)23-15-7-4-8-16-23/h3-21H,1-2H3. The van der Waals surface area contributed by atoms with Crippen molar-refractivity contribution in [3.8, 4) is 33.8 Å². The normalized spacial score (nSPS) is 14.4. The minimum Gasteiger partial charge on any atom is -0.452 e. The molecule has 0 bridgehead atoms. The van der Waals surface area contributed by atoms with Gasteiger partial charge in [0.25, 0.3) is 0 Å². The van der Waals surface area contributed by atoms with E-state index < -0.39 is 0 Å². The van der Waals surface area contributed by atoms with E-state index in [0.29, 0.717) is 0 Å². The molecule has 0 atom stereocenters. The van der Waals surface area contributed by atoms with Gasteiger partial charge < -0.3 is 9.64 Å². The van der Waals surface area contributed by atoms with E-state index in [1.54, 1.807) is 0 Å². The first-order valence-electron chi connectivity index (χ1n) is 12.1. The van der Waals surface area contributed by atoms with E-state index in [1.807, 2.05) is 6.07 Å². The van der Waals surface area contributed by atoms with E-state index in [0.717, 1.165) is 28.6 Å². The van der Waals surface area contributed by atoms with Crippen LogP contribution in [0.4, 0.5) is 17.1 Å². The maximum Gasteiger partial charge on any atom is 0.160 e. The molecule has 2 nitrogen and oxygen atoms in total. The number of fused-ring (bicyclic) bond motifs is 6. The molecule has 2 aliphatic rings. The molecule has 0 spiro atoms. The second-order valence-electron chi connectivity index (χ2n) is 9.80. The van der Waals surface area contributed by atoms with Gasteiger partial charge in [-0.2, -0.15) is 0 Å². The molecule has 0 saturated heterocycles. The van der Waals surface area contributed by atoms with E-state index in [9.17, 15) is 0 Å². The van der Waals surface area contributed by atoms with Gasteiger partial charge in [-0.25, -0.2) is 0 Å². The summed E-state index contributed by atoms with van der Waals surface area (Å²) >= 11 is 0. The molecule has 0 fully saturated rings. The minimum absolute atomic E-state index is 0.123. The molecule has 5 aromatic carbocycles. The molecule has 1 aliphatic carbocycles. The molecule has 1 aliphatic heterocycles. The van der Waals surface area contributed by atoms with Crippen molar-refractivity contribution in [1.82, 2.24) is 0 Å². The summed E-state index contributed by atoms with van der Waals surface area (Å²) in [7, 11) is 0. The number of hydrogen-bond donors (Lipinski definition) is 0. The van der Waals surface area contributed by atoms with E-state index in [1.165, 1.54) is 33.4 Å². The van der Waals surface area contributed by atoms with Crippen molar-refractivity contribution in [2.45, 2.75) is 19.3 Å². The van der Waals surface area contributed by atoms with Crippen LogP contribution in [0.3, 0.4) is 0 Å². The Labute approximate surface area is 206 Å². The Morgan fingerprint density at radius 1 is 0.629 bits per heavy atom. The maximum absolute atomic E-state index is 6.84. The fraction of sp³-hybridized carbons (Fsp3) is 0.0909. The zero-order valence-corrected chi connectivity index (χ0v) is 19.8. The third-order valence-corrected chi connectivity index (χ3v) is 7.44. The van der Waals surface area contributed by atoms with E-state index >= 15 is 0 Å². The number of hydrogen-bond acceptors (Lipinski definition) is 2. The lowest BCUT2D eigenvalue weighted by Crippen LogP contribution is -2.19. The summed E-state index contributed by atoms with van der Waals surface area (Å²) in [6.45, 7) is 4.65. The first kappa shape index (κ1) is 20.1. The van der Waals surface area contributed by atoms with Crippen LogP contribution in [-0.4, -0.2) is 0 Å². The predicted molar refractivity (Wildman–Crippen MR) is 144 cm³/mol. The summed E-state index contributed by atoms with van der Waals surface area (Å²) in [5.41, 5.74) is 10.6. The van der Waals surface area contributed by atoms with Crippen molar-refractivity contribution >= 4 is 17.1 Å². The molecule has 168 valence electrons. The van der Waals surface area contributed by atoms with Crippen molar-refractivity contribution in [2.75, 3.05) is 4.90 Å². The summed E-state index contributed by atoms with van der Waals surface area (Å²) in [6.07, 6.45) is 0. The van der Waals surface area contributed by atoms with Crippen LogP contribution in [0.25, 0.3) is 22.3 Å². The molecule has 0 amide bonds. The highest BCUT2D eigenvalue weighted by molar-refractivity contribution is 6.02. The molecule has 1 heterocycles. The van der Waals surface area contributed by atoms with E-state index in [2.05, 4.69) is 128 Å². The van der Waals surface area contributed by atoms with Crippen LogP contribution < -0.4 is 9.64 Å². The number of rotatable bonds is 2. The zero-order valence-electron chi connectivity index (χ0n) is 19.8. The van der Waals surface area contributed by atoms with Crippen LogP contribution >= 0.6 is 0 Å². The van der Waals surface area contributed by atoms with Gasteiger partial charge in [0.1, 0.15) is 0 Å². The highest BCUT2D eigenvalue weighted by Gasteiger charge is 2.42. The molecule has 0 saturated carbocycles. The van der Waals surface area contributed by atoms with Crippen molar-refractivity contribution in [1.29, 1.82) is 0 Å². The Morgan fingerprint density at radius 2 is 1.29 bits per heavy atom. The average molecular weight is 452 g/mol. The summed E-state index contributed by atoms with van der Waals surface area (Å²) in [4.78, 5) is 2.37. The van der Waals surface area contributed by atoms with Crippen LogP contribution in [0.15, 0.2) is 115 Å². The lowest BCUT2D eigenvalue weighted by Gasteiger charge is -2.36. The van der Waals surface area contributed by atoms with Gasteiger partial charge in [-0.3, -0.25) is 0 Å². The largest absolute Gasteiger partial charge is 0.452 e. The van der Waals surface area contributed by atoms with Crippen LogP contribution in [0.2, 0.25) is 0 Å². The number of nitrogens with zero attached hydrogens (tertiary/aromatic N) is 1. The highest BCUT2D eigenvalue weighted by Crippen LogP contribution is 2.62. The van der Waals surface area contributed by atoms with Crippen LogP contribution in [0, 0.1) is 0 Å². The Morgan fingerprint density at radius 3 is 2.09 bits per heavy atom. The van der Waals surface area contributed by atoms with Crippen molar-refractivity contribution in [3.63, 3.8) is 0 Å². The number of ether oxygens (including phenoxy) is 1. The quantitative estimate of drug-likeness (QED) is 0.260. The Kier molecular flexibility index (Phi) is 4.22. The van der Waals surface area contributed by atoms with Gasteiger partial charge >= 0.3 is 0 Å². The second kappa shape index (κ2) is 7.35. The monoisotopic (exact) mass is 451 g/mol. The van der Waals surface area contributed by atoms with Gasteiger partial charge in [0.15, 0.2) is 11.5 Å². The fourth-order valence-electron chi connectivity index (χ4n) is 5.76. The van der Waals surface area contributed by atoms with Crippen molar-refractivity contribution < 1.29 is 4.74 Å². The molecule has 2 heteroatoms. The zero-order chi connectivity index (χ0) is 23.6. The predicted octanol–water partition coefficient (Wildman–Crippen LogP) is 9.24. The summed E-state index contributed by atoms with van der Waals surface area (Å²) in [6, 6.07) is 40.8. The number of para-hydroxylation sites is 3. The second-order valence-corrected chi connectivity index (χ2v) is 9.80.